The standard InChI is InChI=1S/C19H17NO3/c1-2-10-23-14-7-5-6-13(11-14)18-12-16(19(21)22)15-8-3-4-9-17(15)20-18/h3-9,11-12H,2,10H2,1H3,(H,21,22). The highest BCUT2D eigenvalue weighted by atomic mass is 16.5. The summed E-state index contributed by atoms with van der Waals surface area (Å²) in [5.74, 6) is -0.195. The summed E-state index contributed by atoms with van der Waals surface area (Å²) >= 11 is 0. The highest BCUT2D eigenvalue weighted by molar-refractivity contribution is 6.03. The molecular formula is C19H17NO3. The lowest BCUT2D eigenvalue weighted by Gasteiger charge is -2.09. The van der Waals surface area contributed by atoms with Gasteiger partial charge in [-0.05, 0) is 30.7 Å². The average Bonchev–Trinajstić information content (AvgIpc) is 2.59. The van der Waals surface area contributed by atoms with Crippen LogP contribution in [0.3, 0.4) is 0 Å². The maximum Gasteiger partial charge on any atom is 0.336 e. The minimum absolute atomic E-state index is 0.255. The molecule has 3 aromatic rings. The molecule has 0 aliphatic rings. The molecule has 23 heavy (non-hydrogen) atoms. The Bertz CT molecular complexity index is 858. The second-order valence-corrected chi connectivity index (χ2v) is 5.25. The smallest absolute Gasteiger partial charge is 0.336 e. The Morgan fingerprint density at radius 3 is 2.74 bits per heavy atom. The first kappa shape index (κ1) is 15.0. The van der Waals surface area contributed by atoms with Crippen molar-refractivity contribution < 1.29 is 14.6 Å². The van der Waals surface area contributed by atoms with E-state index in [0.29, 0.717) is 23.2 Å². The third-order valence-electron chi connectivity index (χ3n) is 3.55. The van der Waals surface area contributed by atoms with E-state index in [9.17, 15) is 9.90 Å². The van der Waals surface area contributed by atoms with Gasteiger partial charge in [0.05, 0.1) is 23.4 Å². The lowest BCUT2D eigenvalue weighted by Crippen LogP contribution is -2.00. The molecular weight excluding hydrogens is 290 g/mol. The van der Waals surface area contributed by atoms with Crippen LogP contribution in [0.4, 0.5) is 0 Å². The first-order valence-corrected chi connectivity index (χ1v) is 7.55. The van der Waals surface area contributed by atoms with Crippen molar-refractivity contribution >= 4 is 16.9 Å². The third kappa shape index (κ3) is 3.16. The van der Waals surface area contributed by atoms with E-state index in [4.69, 9.17) is 4.74 Å². The maximum atomic E-state index is 11.6. The number of carbonyl (C=O) groups is 1. The SMILES string of the molecule is CCCOc1cccc(-c2cc(C(=O)O)c3ccccc3n2)c1. The summed E-state index contributed by atoms with van der Waals surface area (Å²) in [7, 11) is 0. The first-order chi connectivity index (χ1) is 11.2. The maximum absolute atomic E-state index is 11.6. The molecule has 0 atom stereocenters. The van der Waals surface area contributed by atoms with Gasteiger partial charge in [-0.2, -0.15) is 0 Å². The lowest BCUT2D eigenvalue weighted by molar-refractivity contribution is 0.0699. The molecule has 0 spiro atoms. The first-order valence-electron chi connectivity index (χ1n) is 7.55. The number of rotatable bonds is 5. The fourth-order valence-corrected chi connectivity index (χ4v) is 2.47. The van der Waals surface area contributed by atoms with Crippen LogP contribution in [0, 0.1) is 0 Å². The normalized spacial score (nSPS) is 10.7. The van der Waals surface area contributed by atoms with Gasteiger partial charge in [-0.1, -0.05) is 37.3 Å². The molecule has 4 nitrogen and oxygen atoms in total. The fraction of sp³-hybridized carbons (Fsp3) is 0.158. The van der Waals surface area contributed by atoms with Crippen LogP contribution < -0.4 is 4.74 Å². The van der Waals surface area contributed by atoms with E-state index >= 15 is 0 Å². The molecule has 1 aromatic heterocycles. The quantitative estimate of drug-likeness (QED) is 0.759. The van der Waals surface area contributed by atoms with Crippen LogP contribution in [0.15, 0.2) is 54.6 Å². The summed E-state index contributed by atoms with van der Waals surface area (Å²) in [6.45, 7) is 2.70. The zero-order valence-corrected chi connectivity index (χ0v) is 12.8. The zero-order valence-electron chi connectivity index (χ0n) is 12.8. The molecule has 0 aliphatic heterocycles. The van der Waals surface area contributed by atoms with Crippen molar-refractivity contribution in [1.82, 2.24) is 4.98 Å². The van der Waals surface area contributed by atoms with Crippen LogP contribution >= 0.6 is 0 Å². The van der Waals surface area contributed by atoms with E-state index in [2.05, 4.69) is 4.98 Å². The Balaban J connectivity index is 2.11. The molecule has 0 amide bonds. The molecule has 0 unspecified atom stereocenters. The number of para-hydroxylation sites is 1. The van der Waals surface area contributed by atoms with Crippen molar-refractivity contribution in [3.8, 4) is 17.0 Å². The van der Waals surface area contributed by atoms with Crippen LogP contribution in [0.5, 0.6) is 5.75 Å². The van der Waals surface area contributed by atoms with E-state index in [1.807, 2.05) is 49.4 Å². The Morgan fingerprint density at radius 1 is 1.13 bits per heavy atom. The zero-order chi connectivity index (χ0) is 16.2. The molecule has 1 heterocycles. The summed E-state index contributed by atoms with van der Waals surface area (Å²) in [6.07, 6.45) is 0.932. The van der Waals surface area contributed by atoms with Crippen molar-refractivity contribution in [2.75, 3.05) is 6.61 Å². The summed E-state index contributed by atoms with van der Waals surface area (Å²) in [4.78, 5) is 16.1. The number of aromatic nitrogens is 1. The van der Waals surface area contributed by atoms with Gasteiger partial charge in [-0.25, -0.2) is 9.78 Å². The largest absolute Gasteiger partial charge is 0.494 e. The number of carboxylic acids is 1. The van der Waals surface area contributed by atoms with Gasteiger partial charge in [0.15, 0.2) is 0 Å². The summed E-state index contributed by atoms with van der Waals surface area (Å²) in [6, 6.07) is 16.4. The predicted octanol–water partition coefficient (Wildman–Crippen LogP) is 4.39. The van der Waals surface area contributed by atoms with Gasteiger partial charge >= 0.3 is 5.97 Å². The molecule has 116 valence electrons. The molecule has 4 heteroatoms. The van der Waals surface area contributed by atoms with Crippen LogP contribution in [-0.2, 0) is 0 Å². The average molecular weight is 307 g/mol. The second-order valence-electron chi connectivity index (χ2n) is 5.25. The number of pyridine rings is 1. The van der Waals surface area contributed by atoms with E-state index in [0.717, 1.165) is 17.7 Å². The van der Waals surface area contributed by atoms with Gasteiger partial charge in [0.1, 0.15) is 5.75 Å². The van der Waals surface area contributed by atoms with Crippen LogP contribution in [0.1, 0.15) is 23.7 Å². The highest BCUT2D eigenvalue weighted by Crippen LogP contribution is 2.27. The molecule has 0 fully saturated rings. The van der Waals surface area contributed by atoms with E-state index in [1.54, 1.807) is 12.1 Å². The van der Waals surface area contributed by atoms with Crippen LogP contribution in [-0.4, -0.2) is 22.7 Å². The number of hydrogen-bond donors (Lipinski definition) is 1. The minimum atomic E-state index is -0.955. The number of carboxylic acid groups (broad SMARTS) is 1. The highest BCUT2D eigenvalue weighted by Gasteiger charge is 2.12. The second kappa shape index (κ2) is 6.48. The molecule has 0 aliphatic carbocycles. The molecule has 0 saturated heterocycles. The van der Waals surface area contributed by atoms with Crippen molar-refractivity contribution in [1.29, 1.82) is 0 Å². The van der Waals surface area contributed by atoms with Gasteiger partial charge in [-0.15, -0.1) is 0 Å². The molecule has 0 saturated carbocycles. The number of nitrogens with zero attached hydrogens (tertiary/aromatic N) is 1. The fourth-order valence-electron chi connectivity index (χ4n) is 2.47. The van der Waals surface area contributed by atoms with Crippen molar-refractivity contribution in [3.63, 3.8) is 0 Å². The molecule has 0 bridgehead atoms. The van der Waals surface area contributed by atoms with E-state index < -0.39 is 5.97 Å². The Labute approximate surface area is 134 Å². The number of hydrogen-bond acceptors (Lipinski definition) is 3. The Kier molecular flexibility index (Phi) is 4.24. The monoisotopic (exact) mass is 307 g/mol. The Morgan fingerprint density at radius 2 is 1.96 bits per heavy atom. The predicted molar refractivity (Wildman–Crippen MR) is 89.9 cm³/mol. The summed E-state index contributed by atoms with van der Waals surface area (Å²) < 4.78 is 5.64. The van der Waals surface area contributed by atoms with Gasteiger partial charge in [-0.3, -0.25) is 0 Å². The molecule has 3 rings (SSSR count). The number of fused-ring (bicyclic) bond motifs is 1. The van der Waals surface area contributed by atoms with Gasteiger partial charge < -0.3 is 9.84 Å². The van der Waals surface area contributed by atoms with E-state index in [-0.39, 0.29) is 5.56 Å². The molecule has 0 radical (unpaired) electrons. The molecule has 2 aromatic carbocycles. The van der Waals surface area contributed by atoms with Gasteiger partial charge in [0.2, 0.25) is 0 Å². The van der Waals surface area contributed by atoms with Crippen molar-refractivity contribution in [2.24, 2.45) is 0 Å². The van der Waals surface area contributed by atoms with Gasteiger partial charge in [0.25, 0.3) is 0 Å². The number of aromatic carboxylic acids is 1. The van der Waals surface area contributed by atoms with Crippen LogP contribution in [0.25, 0.3) is 22.2 Å². The van der Waals surface area contributed by atoms with Crippen molar-refractivity contribution in [3.05, 3.63) is 60.2 Å². The number of benzene rings is 2. The topological polar surface area (TPSA) is 59.4 Å². The summed E-state index contributed by atoms with van der Waals surface area (Å²) in [5.41, 5.74) is 2.39. The van der Waals surface area contributed by atoms with Gasteiger partial charge in [0, 0.05) is 10.9 Å². The summed E-state index contributed by atoms with van der Waals surface area (Å²) in [5, 5.41) is 10.1. The van der Waals surface area contributed by atoms with E-state index in [1.165, 1.54) is 0 Å². The third-order valence-corrected chi connectivity index (χ3v) is 3.55. The lowest BCUT2D eigenvalue weighted by atomic mass is 10.0. The number of ether oxygens (including phenoxy) is 1. The van der Waals surface area contributed by atoms with Crippen LogP contribution in [0.2, 0.25) is 0 Å². The van der Waals surface area contributed by atoms with Crippen molar-refractivity contribution in [2.45, 2.75) is 13.3 Å². The Hall–Kier alpha value is -2.88. The minimum Gasteiger partial charge on any atom is -0.494 e. The molecule has 1 N–H and O–H groups in total.